The van der Waals surface area contributed by atoms with Gasteiger partial charge in [0.15, 0.2) is 5.96 Å². The summed E-state index contributed by atoms with van der Waals surface area (Å²) in [5.74, 6) is -12.3. The molecule has 28 heteroatoms. The average Bonchev–Trinajstić information content (AvgIpc) is 3.14. The lowest BCUT2D eigenvalue weighted by atomic mass is 10.1. The van der Waals surface area contributed by atoms with Gasteiger partial charge in [0.05, 0.1) is 25.6 Å². The molecule has 0 radical (unpaired) electrons. The van der Waals surface area contributed by atoms with Gasteiger partial charge in [-0.3, -0.25) is 52.9 Å². The van der Waals surface area contributed by atoms with Gasteiger partial charge in [0.2, 0.25) is 53.2 Å². The van der Waals surface area contributed by atoms with E-state index < -0.39 is 147 Å². The quantitative estimate of drug-likeness (QED) is 0.0144. The number of nitrogens with two attached hydrogens (primary N) is 5. The maximum Gasteiger partial charge on any atom is 0.327 e. The lowest BCUT2D eigenvalue weighted by Gasteiger charge is -2.24. The number of aliphatic carboxylic acids is 2. The van der Waals surface area contributed by atoms with Gasteiger partial charge in [-0.1, -0.05) is 0 Å². The summed E-state index contributed by atoms with van der Waals surface area (Å²) < 4.78 is 0. The molecule has 58 heavy (non-hydrogen) atoms. The number of primary amides is 2. The molecule has 0 heterocycles. The Balaban J connectivity index is 5.87. The third kappa shape index (κ3) is 22.6. The summed E-state index contributed by atoms with van der Waals surface area (Å²) in [6.07, 6.45) is -2.70. The van der Waals surface area contributed by atoms with Crippen molar-refractivity contribution < 1.29 is 63.0 Å². The lowest BCUT2D eigenvalue weighted by molar-refractivity contribution is -0.141. The Kier molecular flexibility index (Phi) is 24.8. The van der Waals surface area contributed by atoms with Crippen molar-refractivity contribution in [3.05, 3.63) is 0 Å². The van der Waals surface area contributed by atoms with E-state index in [0.717, 1.165) is 0 Å². The first kappa shape index (κ1) is 52.1. The minimum absolute atomic E-state index is 0.00650. The zero-order valence-corrected chi connectivity index (χ0v) is 32.9. The van der Waals surface area contributed by atoms with Crippen LogP contribution in [0.5, 0.6) is 0 Å². The molecule has 6 atom stereocenters. The van der Waals surface area contributed by atoms with Gasteiger partial charge < -0.3 is 76.1 Å². The summed E-state index contributed by atoms with van der Waals surface area (Å²) in [6.45, 7) is -1.61. The van der Waals surface area contributed by atoms with Crippen LogP contribution in [-0.2, 0) is 52.7 Å². The Hall–Kier alpha value is -5.90. The van der Waals surface area contributed by atoms with E-state index in [1.807, 2.05) is 0 Å². The van der Waals surface area contributed by atoms with Gasteiger partial charge >= 0.3 is 11.9 Å². The van der Waals surface area contributed by atoms with Crippen LogP contribution in [0.3, 0.4) is 0 Å². The molecule has 19 N–H and O–H groups in total. The van der Waals surface area contributed by atoms with E-state index in [4.69, 9.17) is 28.7 Å². The number of hydrogen-bond donors (Lipinski definition) is 16. The number of rotatable bonds is 29. The second-order valence-corrected chi connectivity index (χ2v) is 13.0. The number of thiol groups is 2. The molecule has 0 bridgehead atoms. The fourth-order valence-corrected chi connectivity index (χ4v) is 4.85. The fourth-order valence-electron chi connectivity index (χ4n) is 4.44. The first-order valence-corrected chi connectivity index (χ1v) is 18.5. The monoisotopic (exact) mass is 865 g/mol. The summed E-state index contributed by atoms with van der Waals surface area (Å²) in [6, 6.07) is -8.72. The number of carboxylic acid groups (broad SMARTS) is 2. The Morgan fingerprint density at radius 1 is 0.552 bits per heavy atom. The zero-order chi connectivity index (χ0) is 44.5. The molecule has 0 saturated heterocycles. The van der Waals surface area contributed by atoms with E-state index in [1.165, 1.54) is 0 Å². The molecule has 0 aromatic heterocycles. The molecule has 26 nitrogen and oxygen atoms in total. The molecule has 0 saturated carbocycles. The molecule has 0 aliphatic carbocycles. The molecular weight excluding hydrogens is 815 g/mol. The average molecular weight is 866 g/mol. The smallest absolute Gasteiger partial charge is 0.327 e. The SMILES string of the molecule is NC(=O)CC[C@H](NC(=O)[C@H](CCC(=O)O)NC(=O)CNC(=O)[C@H](CCCN=C(N)N)NC(=O)CNC(=O)[C@H](CC(N)=O)NC(=O)[C@H](N)CS)C(=O)N[C@H](CS)C(=O)O. The maximum atomic E-state index is 13.2. The first-order valence-electron chi connectivity index (χ1n) is 17.2. The molecule has 0 fully saturated rings. The van der Waals surface area contributed by atoms with Crippen molar-refractivity contribution in [3.8, 4) is 0 Å². The maximum absolute atomic E-state index is 13.2. The van der Waals surface area contributed by atoms with Crippen LogP contribution in [0.25, 0.3) is 0 Å². The van der Waals surface area contributed by atoms with Crippen LogP contribution in [0.1, 0.15) is 44.9 Å². The van der Waals surface area contributed by atoms with Crippen LogP contribution in [0.4, 0.5) is 0 Å². The molecular formula is C30H51N13O13S2. The number of aliphatic imine (C=N–C) groups is 1. The standard InChI is InChI=1S/C30H51N13O13S2/c31-13(11-57)24(50)42-17(8-20(33)45)26(52)38-10-21(46)39-14(2-1-7-36-30(34)35)25(51)37-9-22(47)40-15(4-6-23(48)49)27(53)41-16(3-5-19(32)44)28(54)43-18(12-58)29(55)56/h13-18,57-58H,1-12,31H2,(H2,32,44)(H2,33,45)(H,37,51)(H,38,52)(H,39,46)(H,40,47)(H,41,53)(H,42,50)(H,43,54)(H,48,49)(H,55,56)(H4,34,35,36)/t13-,14+,15+,16+,17+,18-/m1/s1. The number of guanidine groups is 1. The minimum Gasteiger partial charge on any atom is -0.481 e. The van der Waals surface area contributed by atoms with Crippen LogP contribution in [0.15, 0.2) is 4.99 Å². The van der Waals surface area contributed by atoms with Crippen molar-refractivity contribution in [1.29, 1.82) is 0 Å². The summed E-state index contributed by atoms with van der Waals surface area (Å²) in [5.41, 5.74) is 26.5. The number of carbonyl (C=O) groups excluding carboxylic acids is 9. The van der Waals surface area contributed by atoms with Gasteiger partial charge in [0, 0.05) is 30.9 Å². The molecule has 0 spiro atoms. The lowest BCUT2D eigenvalue weighted by Crippen LogP contribution is -2.57. The summed E-state index contributed by atoms with van der Waals surface area (Å²) in [5, 5.41) is 34.0. The third-order valence-corrected chi connectivity index (χ3v) is 8.18. The van der Waals surface area contributed by atoms with Crippen LogP contribution < -0.4 is 65.9 Å². The highest BCUT2D eigenvalue weighted by Crippen LogP contribution is 2.05. The molecule has 0 aliphatic rings. The van der Waals surface area contributed by atoms with Crippen molar-refractivity contribution in [2.24, 2.45) is 33.7 Å². The van der Waals surface area contributed by atoms with E-state index in [9.17, 15) is 63.0 Å². The molecule has 0 aliphatic heterocycles. The van der Waals surface area contributed by atoms with E-state index in [0.29, 0.717) is 0 Å². The van der Waals surface area contributed by atoms with Crippen LogP contribution in [0, 0.1) is 0 Å². The number of carbonyl (C=O) groups is 11. The highest BCUT2D eigenvalue weighted by molar-refractivity contribution is 7.80. The number of nitrogens with one attached hydrogen (secondary N) is 7. The van der Waals surface area contributed by atoms with E-state index in [2.05, 4.69) is 67.5 Å². The van der Waals surface area contributed by atoms with Crippen LogP contribution >= 0.6 is 25.3 Å². The summed E-state index contributed by atoms with van der Waals surface area (Å²) in [7, 11) is 0. The fraction of sp³-hybridized carbons (Fsp3) is 0.600. The van der Waals surface area contributed by atoms with E-state index >= 15 is 0 Å². The normalized spacial score (nSPS) is 13.6. The number of nitrogens with zero attached hydrogens (tertiary/aromatic N) is 1. The molecule has 0 rings (SSSR count). The zero-order valence-electron chi connectivity index (χ0n) is 31.1. The first-order chi connectivity index (χ1) is 27.1. The van der Waals surface area contributed by atoms with Crippen molar-refractivity contribution in [1.82, 2.24) is 37.2 Å². The van der Waals surface area contributed by atoms with E-state index in [-0.39, 0.29) is 36.9 Å². The second-order valence-electron chi connectivity index (χ2n) is 12.2. The molecule has 0 unspecified atom stereocenters. The highest BCUT2D eigenvalue weighted by Gasteiger charge is 2.31. The largest absolute Gasteiger partial charge is 0.481 e. The Labute approximate surface area is 341 Å². The molecule has 326 valence electrons. The summed E-state index contributed by atoms with van der Waals surface area (Å²) in [4.78, 5) is 139. The summed E-state index contributed by atoms with van der Waals surface area (Å²) >= 11 is 7.72. The van der Waals surface area contributed by atoms with Gasteiger partial charge in [0.1, 0.15) is 30.2 Å². The number of carboxylic acids is 2. The third-order valence-electron chi connectivity index (χ3n) is 7.42. The number of hydrogen-bond acceptors (Lipinski definition) is 15. The van der Waals surface area contributed by atoms with Crippen molar-refractivity contribution in [3.63, 3.8) is 0 Å². The second kappa shape index (κ2) is 27.7. The van der Waals surface area contributed by atoms with E-state index in [1.54, 1.807) is 0 Å². The Bertz CT molecular complexity index is 1550. The van der Waals surface area contributed by atoms with Gasteiger partial charge in [-0.2, -0.15) is 25.3 Å². The predicted molar refractivity (Wildman–Crippen MR) is 208 cm³/mol. The molecule has 0 aromatic carbocycles. The van der Waals surface area contributed by atoms with Gasteiger partial charge in [0.25, 0.3) is 0 Å². The van der Waals surface area contributed by atoms with Crippen LogP contribution in [-0.4, -0.2) is 149 Å². The topological polar surface area (TPSA) is 455 Å². The van der Waals surface area contributed by atoms with Gasteiger partial charge in [-0.05, 0) is 25.7 Å². The van der Waals surface area contributed by atoms with Crippen LogP contribution in [0.2, 0.25) is 0 Å². The highest BCUT2D eigenvalue weighted by atomic mass is 32.1. The number of amides is 9. The Morgan fingerprint density at radius 2 is 1.02 bits per heavy atom. The van der Waals surface area contributed by atoms with Crippen molar-refractivity contribution in [2.45, 2.75) is 81.2 Å². The van der Waals surface area contributed by atoms with Crippen molar-refractivity contribution in [2.75, 3.05) is 31.1 Å². The van der Waals surface area contributed by atoms with Gasteiger partial charge in [-0.15, -0.1) is 0 Å². The van der Waals surface area contributed by atoms with Gasteiger partial charge in [-0.25, -0.2) is 4.79 Å². The Morgan fingerprint density at radius 3 is 1.47 bits per heavy atom. The molecule has 0 aromatic rings. The molecule has 9 amide bonds. The van der Waals surface area contributed by atoms with Crippen molar-refractivity contribution >= 4 is 96.3 Å². The minimum atomic E-state index is -1.64. The predicted octanol–water partition coefficient (Wildman–Crippen LogP) is -8.03.